The fourth-order valence-corrected chi connectivity index (χ4v) is 3.36. The van der Waals surface area contributed by atoms with Crippen LogP contribution in [0.5, 0.6) is 5.75 Å². The smallest absolute Gasteiger partial charge is 0.139 e. The van der Waals surface area contributed by atoms with Gasteiger partial charge in [-0.3, -0.25) is 0 Å². The summed E-state index contributed by atoms with van der Waals surface area (Å²) in [5.41, 5.74) is 1.03. The van der Waals surface area contributed by atoms with E-state index in [1.54, 1.807) is 6.07 Å². The van der Waals surface area contributed by atoms with E-state index in [4.69, 9.17) is 27.9 Å². The highest BCUT2D eigenvalue weighted by molar-refractivity contribution is 9.09. The van der Waals surface area contributed by atoms with Crippen LogP contribution >= 0.6 is 39.1 Å². The predicted molar refractivity (Wildman–Crippen MR) is 83.4 cm³/mol. The Labute approximate surface area is 128 Å². The number of alkyl halides is 1. The molecule has 1 aromatic carbocycles. The van der Waals surface area contributed by atoms with Crippen molar-refractivity contribution in [3.8, 4) is 5.75 Å². The van der Waals surface area contributed by atoms with E-state index in [0.29, 0.717) is 28.3 Å². The Morgan fingerprint density at radius 3 is 2.44 bits per heavy atom. The molecular formula is C14H19BrCl2O. The molecule has 2 unspecified atom stereocenters. The molecule has 0 spiro atoms. The number of hydrogen-bond donors (Lipinski definition) is 0. The van der Waals surface area contributed by atoms with E-state index in [1.165, 1.54) is 0 Å². The lowest BCUT2D eigenvalue weighted by molar-refractivity contribution is 0.340. The van der Waals surface area contributed by atoms with E-state index in [9.17, 15) is 0 Å². The highest BCUT2D eigenvalue weighted by Crippen LogP contribution is 2.40. The summed E-state index contributed by atoms with van der Waals surface area (Å²) in [5.74, 6) is 1.30. The van der Waals surface area contributed by atoms with Gasteiger partial charge in [-0.25, -0.2) is 0 Å². The molecule has 0 amide bonds. The molecule has 1 rings (SSSR count). The van der Waals surface area contributed by atoms with Crippen molar-refractivity contribution in [1.82, 2.24) is 0 Å². The fourth-order valence-electron chi connectivity index (χ4n) is 1.70. The average Bonchev–Trinajstić information content (AvgIpc) is 2.33. The van der Waals surface area contributed by atoms with Crippen LogP contribution in [0.4, 0.5) is 0 Å². The van der Waals surface area contributed by atoms with Crippen LogP contribution in [0.15, 0.2) is 12.1 Å². The first-order valence-corrected chi connectivity index (χ1v) is 7.92. The van der Waals surface area contributed by atoms with Gasteiger partial charge >= 0.3 is 0 Å². The standard InChI is InChI=1S/C14H19BrCl2O/c1-4-9(3)6-11(15)10-7-13(17)14(18-5-2)8-12(10)16/h7-9,11H,4-6H2,1-3H3. The van der Waals surface area contributed by atoms with Crippen LogP contribution in [0, 0.1) is 5.92 Å². The highest BCUT2D eigenvalue weighted by atomic mass is 79.9. The molecule has 0 saturated carbocycles. The van der Waals surface area contributed by atoms with Crippen molar-refractivity contribution in [3.05, 3.63) is 27.7 Å². The molecule has 0 radical (unpaired) electrons. The van der Waals surface area contributed by atoms with Gasteiger partial charge in [0, 0.05) is 15.9 Å². The summed E-state index contributed by atoms with van der Waals surface area (Å²) in [6.45, 7) is 6.93. The van der Waals surface area contributed by atoms with Crippen molar-refractivity contribution in [2.24, 2.45) is 5.92 Å². The molecule has 102 valence electrons. The van der Waals surface area contributed by atoms with Crippen LogP contribution in [-0.2, 0) is 0 Å². The SMILES string of the molecule is CCOc1cc(Cl)c(C(Br)CC(C)CC)cc1Cl. The number of halogens is 3. The van der Waals surface area contributed by atoms with E-state index in [2.05, 4.69) is 29.8 Å². The summed E-state index contributed by atoms with van der Waals surface area (Å²) in [4.78, 5) is 0.230. The monoisotopic (exact) mass is 352 g/mol. The van der Waals surface area contributed by atoms with E-state index in [1.807, 2.05) is 13.0 Å². The average molecular weight is 354 g/mol. The number of hydrogen-bond acceptors (Lipinski definition) is 1. The molecule has 0 fully saturated rings. The minimum absolute atomic E-state index is 0.230. The minimum Gasteiger partial charge on any atom is -0.492 e. The minimum atomic E-state index is 0.230. The summed E-state index contributed by atoms with van der Waals surface area (Å²) in [7, 11) is 0. The van der Waals surface area contributed by atoms with Crippen LogP contribution in [0.3, 0.4) is 0 Å². The Balaban J connectivity index is 2.92. The molecule has 0 N–H and O–H groups in total. The van der Waals surface area contributed by atoms with E-state index in [0.717, 1.165) is 18.4 Å². The Kier molecular flexibility index (Phi) is 6.83. The van der Waals surface area contributed by atoms with Crippen molar-refractivity contribution < 1.29 is 4.74 Å². The topological polar surface area (TPSA) is 9.23 Å². The Morgan fingerprint density at radius 2 is 1.89 bits per heavy atom. The molecule has 1 aromatic rings. The highest BCUT2D eigenvalue weighted by Gasteiger charge is 2.17. The second kappa shape index (κ2) is 7.62. The van der Waals surface area contributed by atoms with Gasteiger partial charge in [0.1, 0.15) is 5.75 Å². The van der Waals surface area contributed by atoms with Gasteiger partial charge in [-0.15, -0.1) is 0 Å². The van der Waals surface area contributed by atoms with Crippen LogP contribution < -0.4 is 4.74 Å². The maximum absolute atomic E-state index is 6.29. The molecule has 0 saturated heterocycles. The van der Waals surface area contributed by atoms with Gasteiger partial charge in [-0.1, -0.05) is 59.4 Å². The summed E-state index contributed by atoms with van der Waals surface area (Å²) >= 11 is 16.2. The van der Waals surface area contributed by atoms with Crippen LogP contribution in [0.2, 0.25) is 10.0 Å². The predicted octanol–water partition coefficient (Wildman–Crippen LogP) is 6.26. The van der Waals surface area contributed by atoms with Gasteiger partial charge in [0.25, 0.3) is 0 Å². The molecule has 0 heterocycles. The summed E-state index contributed by atoms with van der Waals surface area (Å²) in [5, 5.41) is 1.32. The van der Waals surface area contributed by atoms with E-state index < -0.39 is 0 Å². The third-order valence-electron chi connectivity index (χ3n) is 2.99. The molecule has 4 heteroatoms. The maximum atomic E-state index is 6.29. The lowest BCUT2D eigenvalue weighted by atomic mass is 9.99. The number of rotatable bonds is 6. The first-order chi connectivity index (χ1) is 8.49. The van der Waals surface area contributed by atoms with Gasteiger partial charge in [0.15, 0.2) is 0 Å². The summed E-state index contributed by atoms with van der Waals surface area (Å²) in [6.07, 6.45) is 2.20. The quantitative estimate of drug-likeness (QED) is 0.548. The van der Waals surface area contributed by atoms with Gasteiger partial charge in [-0.2, -0.15) is 0 Å². The third-order valence-corrected chi connectivity index (χ3v) is 4.48. The molecule has 1 nitrogen and oxygen atoms in total. The molecule has 18 heavy (non-hydrogen) atoms. The molecule has 0 bridgehead atoms. The largest absolute Gasteiger partial charge is 0.492 e. The Morgan fingerprint density at radius 1 is 1.22 bits per heavy atom. The molecule has 0 aromatic heterocycles. The van der Waals surface area contributed by atoms with Crippen molar-refractivity contribution in [2.75, 3.05) is 6.61 Å². The summed E-state index contributed by atoms with van der Waals surface area (Å²) < 4.78 is 5.42. The van der Waals surface area contributed by atoms with Crippen molar-refractivity contribution in [1.29, 1.82) is 0 Å². The van der Waals surface area contributed by atoms with Gasteiger partial charge in [0.2, 0.25) is 0 Å². The van der Waals surface area contributed by atoms with Crippen molar-refractivity contribution >= 4 is 39.1 Å². The zero-order chi connectivity index (χ0) is 13.7. The molecular weight excluding hydrogens is 335 g/mol. The third kappa shape index (κ3) is 4.32. The zero-order valence-corrected chi connectivity index (χ0v) is 14.1. The summed E-state index contributed by atoms with van der Waals surface area (Å²) in [6, 6.07) is 3.70. The second-order valence-electron chi connectivity index (χ2n) is 4.45. The number of benzene rings is 1. The number of ether oxygens (including phenoxy) is 1. The van der Waals surface area contributed by atoms with Crippen LogP contribution in [-0.4, -0.2) is 6.61 Å². The fraction of sp³-hybridized carbons (Fsp3) is 0.571. The van der Waals surface area contributed by atoms with E-state index in [-0.39, 0.29) is 4.83 Å². The second-order valence-corrected chi connectivity index (χ2v) is 6.37. The lowest BCUT2D eigenvalue weighted by Crippen LogP contribution is -2.00. The molecule has 2 atom stereocenters. The van der Waals surface area contributed by atoms with Crippen molar-refractivity contribution in [2.45, 2.75) is 38.4 Å². The van der Waals surface area contributed by atoms with E-state index >= 15 is 0 Å². The Hall–Kier alpha value is 0.0800. The van der Waals surface area contributed by atoms with Crippen LogP contribution in [0.25, 0.3) is 0 Å². The molecule has 0 aliphatic rings. The van der Waals surface area contributed by atoms with Gasteiger partial charge in [-0.05, 0) is 30.9 Å². The van der Waals surface area contributed by atoms with Crippen LogP contribution in [0.1, 0.15) is 44.0 Å². The maximum Gasteiger partial charge on any atom is 0.139 e. The lowest BCUT2D eigenvalue weighted by Gasteiger charge is -2.17. The first-order valence-electron chi connectivity index (χ1n) is 6.25. The van der Waals surface area contributed by atoms with Gasteiger partial charge in [0.05, 0.1) is 11.6 Å². The zero-order valence-electron chi connectivity index (χ0n) is 11.0. The Bertz CT molecular complexity index is 396. The first kappa shape index (κ1) is 16.1. The van der Waals surface area contributed by atoms with Crippen molar-refractivity contribution in [3.63, 3.8) is 0 Å². The molecule has 0 aliphatic heterocycles. The van der Waals surface area contributed by atoms with Gasteiger partial charge < -0.3 is 4.74 Å². The normalized spacial score (nSPS) is 14.3. The molecule has 0 aliphatic carbocycles.